The van der Waals surface area contributed by atoms with Gasteiger partial charge in [-0.05, 0) is 12.5 Å². The Morgan fingerprint density at radius 2 is 2.27 bits per heavy atom. The fourth-order valence-corrected chi connectivity index (χ4v) is 2.70. The van der Waals surface area contributed by atoms with E-state index in [1.54, 1.807) is 12.3 Å². The maximum atomic E-state index is 12.1. The molecule has 8 heteroatoms. The molecule has 0 saturated carbocycles. The van der Waals surface area contributed by atoms with Crippen molar-refractivity contribution in [3.8, 4) is 0 Å². The highest BCUT2D eigenvalue weighted by molar-refractivity contribution is 7.00. The lowest BCUT2D eigenvalue weighted by atomic mass is 10.2. The van der Waals surface area contributed by atoms with Crippen LogP contribution in [0.1, 0.15) is 29.5 Å². The Kier molecular flexibility index (Phi) is 4.38. The molecule has 7 nitrogen and oxygen atoms in total. The SMILES string of the molecule is CCc1nccn1CCCNC(=O)c1cnc2nsnc2c1. The number of amides is 1. The first-order valence-corrected chi connectivity index (χ1v) is 7.87. The van der Waals surface area contributed by atoms with Gasteiger partial charge in [0.1, 0.15) is 11.3 Å². The van der Waals surface area contributed by atoms with Crippen LogP contribution in [-0.2, 0) is 13.0 Å². The summed E-state index contributed by atoms with van der Waals surface area (Å²) in [6, 6.07) is 1.71. The van der Waals surface area contributed by atoms with E-state index < -0.39 is 0 Å². The predicted molar refractivity (Wildman–Crippen MR) is 83.8 cm³/mol. The number of hydrogen-bond donors (Lipinski definition) is 1. The van der Waals surface area contributed by atoms with Crippen molar-refractivity contribution in [3.63, 3.8) is 0 Å². The lowest BCUT2D eigenvalue weighted by Crippen LogP contribution is -2.25. The van der Waals surface area contributed by atoms with Gasteiger partial charge in [0.05, 0.1) is 17.3 Å². The number of carbonyl (C=O) groups is 1. The predicted octanol–water partition coefficient (Wildman–Crippen LogP) is 1.67. The summed E-state index contributed by atoms with van der Waals surface area (Å²) in [6.45, 7) is 3.53. The molecule has 3 rings (SSSR count). The molecule has 3 aromatic rings. The minimum Gasteiger partial charge on any atom is -0.352 e. The molecule has 0 fully saturated rings. The van der Waals surface area contributed by atoms with E-state index in [1.807, 2.05) is 6.20 Å². The van der Waals surface area contributed by atoms with Gasteiger partial charge >= 0.3 is 0 Å². The van der Waals surface area contributed by atoms with Crippen LogP contribution in [0.5, 0.6) is 0 Å². The Hall–Kier alpha value is -2.35. The van der Waals surface area contributed by atoms with Crippen molar-refractivity contribution in [1.82, 2.24) is 28.6 Å². The monoisotopic (exact) mass is 316 g/mol. The van der Waals surface area contributed by atoms with Gasteiger partial charge in [-0.3, -0.25) is 4.79 Å². The molecule has 0 aromatic carbocycles. The first kappa shape index (κ1) is 14.6. The van der Waals surface area contributed by atoms with Gasteiger partial charge in [0, 0.05) is 38.1 Å². The fourth-order valence-electron chi connectivity index (χ4n) is 2.22. The maximum absolute atomic E-state index is 12.1. The van der Waals surface area contributed by atoms with Crippen LogP contribution in [-0.4, -0.2) is 35.7 Å². The number of pyridine rings is 1. The molecule has 3 aromatic heterocycles. The average molecular weight is 316 g/mol. The third kappa shape index (κ3) is 3.11. The molecule has 0 aliphatic carbocycles. The van der Waals surface area contributed by atoms with Crippen molar-refractivity contribution in [2.24, 2.45) is 0 Å². The van der Waals surface area contributed by atoms with Gasteiger partial charge in [-0.25, -0.2) is 9.97 Å². The van der Waals surface area contributed by atoms with E-state index in [0.29, 0.717) is 23.3 Å². The average Bonchev–Trinajstić information content (AvgIpc) is 3.18. The van der Waals surface area contributed by atoms with Crippen LogP contribution in [0.15, 0.2) is 24.7 Å². The summed E-state index contributed by atoms with van der Waals surface area (Å²) in [5, 5.41) is 2.90. The second kappa shape index (κ2) is 6.61. The maximum Gasteiger partial charge on any atom is 0.252 e. The molecule has 1 N–H and O–H groups in total. The molecule has 0 radical (unpaired) electrons. The molecule has 0 aliphatic heterocycles. The smallest absolute Gasteiger partial charge is 0.252 e. The molecule has 0 atom stereocenters. The zero-order valence-corrected chi connectivity index (χ0v) is 13.0. The van der Waals surface area contributed by atoms with E-state index in [4.69, 9.17) is 0 Å². The van der Waals surface area contributed by atoms with Crippen LogP contribution < -0.4 is 5.32 Å². The molecule has 1 amide bonds. The Morgan fingerprint density at radius 3 is 3.14 bits per heavy atom. The fraction of sp³-hybridized carbons (Fsp3) is 0.357. The molecular weight excluding hydrogens is 300 g/mol. The highest BCUT2D eigenvalue weighted by atomic mass is 32.1. The van der Waals surface area contributed by atoms with Crippen molar-refractivity contribution in [1.29, 1.82) is 0 Å². The van der Waals surface area contributed by atoms with E-state index in [9.17, 15) is 4.79 Å². The molecule has 3 heterocycles. The summed E-state index contributed by atoms with van der Waals surface area (Å²) in [6.07, 6.45) is 7.06. The summed E-state index contributed by atoms with van der Waals surface area (Å²) >= 11 is 1.09. The third-order valence-electron chi connectivity index (χ3n) is 3.36. The molecule has 114 valence electrons. The van der Waals surface area contributed by atoms with Crippen LogP contribution in [0.3, 0.4) is 0 Å². The number of carbonyl (C=O) groups excluding carboxylic acids is 1. The number of nitrogens with one attached hydrogen (secondary N) is 1. The van der Waals surface area contributed by atoms with Crippen molar-refractivity contribution in [2.45, 2.75) is 26.3 Å². The Labute approximate surface area is 131 Å². The molecular formula is C14H16N6OS. The van der Waals surface area contributed by atoms with E-state index in [1.165, 1.54) is 6.20 Å². The number of imidazole rings is 1. The van der Waals surface area contributed by atoms with Crippen molar-refractivity contribution in [3.05, 3.63) is 36.0 Å². The minimum absolute atomic E-state index is 0.135. The van der Waals surface area contributed by atoms with Gasteiger partial charge < -0.3 is 9.88 Å². The van der Waals surface area contributed by atoms with Crippen LogP contribution in [0, 0.1) is 0 Å². The molecule has 0 aliphatic rings. The number of hydrogen-bond acceptors (Lipinski definition) is 6. The van der Waals surface area contributed by atoms with Crippen LogP contribution in [0.4, 0.5) is 0 Å². The molecule has 0 bridgehead atoms. The Balaban J connectivity index is 1.51. The highest BCUT2D eigenvalue weighted by Crippen LogP contribution is 2.10. The van der Waals surface area contributed by atoms with E-state index in [0.717, 1.165) is 36.9 Å². The number of fused-ring (bicyclic) bond motifs is 1. The topological polar surface area (TPSA) is 85.6 Å². The van der Waals surface area contributed by atoms with Gasteiger partial charge in [-0.15, -0.1) is 0 Å². The third-order valence-corrected chi connectivity index (χ3v) is 3.89. The summed E-state index contributed by atoms with van der Waals surface area (Å²) < 4.78 is 10.2. The quantitative estimate of drug-likeness (QED) is 0.699. The van der Waals surface area contributed by atoms with E-state index in [-0.39, 0.29) is 5.91 Å². The Morgan fingerprint density at radius 1 is 1.36 bits per heavy atom. The molecule has 0 saturated heterocycles. The van der Waals surface area contributed by atoms with Crippen molar-refractivity contribution >= 4 is 28.8 Å². The highest BCUT2D eigenvalue weighted by Gasteiger charge is 2.08. The molecule has 0 spiro atoms. The first-order valence-electron chi connectivity index (χ1n) is 7.14. The van der Waals surface area contributed by atoms with Crippen LogP contribution in [0.25, 0.3) is 11.2 Å². The minimum atomic E-state index is -0.135. The molecule has 22 heavy (non-hydrogen) atoms. The second-order valence-corrected chi connectivity index (χ2v) is 5.36. The van der Waals surface area contributed by atoms with Crippen molar-refractivity contribution in [2.75, 3.05) is 6.54 Å². The molecule has 0 unspecified atom stereocenters. The summed E-state index contributed by atoms with van der Waals surface area (Å²) in [5.74, 6) is 0.931. The van der Waals surface area contributed by atoms with Gasteiger partial charge in [0.2, 0.25) is 0 Å². The number of nitrogens with zero attached hydrogens (tertiary/aromatic N) is 5. The second-order valence-electron chi connectivity index (χ2n) is 4.83. The van der Waals surface area contributed by atoms with Gasteiger partial charge in [0.15, 0.2) is 5.65 Å². The van der Waals surface area contributed by atoms with E-state index in [2.05, 4.69) is 35.5 Å². The summed E-state index contributed by atoms with van der Waals surface area (Å²) in [4.78, 5) is 20.5. The zero-order chi connectivity index (χ0) is 15.4. The lowest BCUT2D eigenvalue weighted by molar-refractivity contribution is 0.0952. The van der Waals surface area contributed by atoms with E-state index >= 15 is 0 Å². The number of rotatable bonds is 6. The Bertz CT molecular complexity index is 780. The summed E-state index contributed by atoms with van der Waals surface area (Å²) in [7, 11) is 0. The van der Waals surface area contributed by atoms with Crippen LogP contribution in [0.2, 0.25) is 0 Å². The number of aromatic nitrogens is 5. The standard InChI is InChI=1S/C14H16N6OS/c1-2-12-15-5-7-20(12)6-3-4-16-14(21)10-8-11-13(17-9-10)19-22-18-11/h5,7-9H,2-4,6H2,1H3,(H,16,21). The summed E-state index contributed by atoms with van der Waals surface area (Å²) in [5.41, 5.74) is 1.74. The normalized spacial score (nSPS) is 11.0. The lowest BCUT2D eigenvalue weighted by Gasteiger charge is -2.07. The first-order chi connectivity index (χ1) is 10.8. The van der Waals surface area contributed by atoms with Gasteiger partial charge in [-0.2, -0.15) is 8.75 Å². The van der Waals surface area contributed by atoms with Gasteiger partial charge in [0.25, 0.3) is 5.91 Å². The van der Waals surface area contributed by atoms with Crippen LogP contribution >= 0.6 is 11.7 Å². The number of aryl methyl sites for hydroxylation is 2. The zero-order valence-electron chi connectivity index (χ0n) is 12.2. The van der Waals surface area contributed by atoms with Crippen molar-refractivity contribution < 1.29 is 4.79 Å². The largest absolute Gasteiger partial charge is 0.352 e. The van der Waals surface area contributed by atoms with Gasteiger partial charge in [-0.1, -0.05) is 6.92 Å².